The normalized spacial score (nSPS) is 14.1. The standard InChI is InChI=1S/C15H30N2/c1-8-10-17(11-9-2)14(13(3)4)12-16-15(5,6)7/h1,13-14,16H,9-12H2,2-7H3. The fraction of sp³-hybridized carbons (Fsp3) is 0.867. The summed E-state index contributed by atoms with van der Waals surface area (Å²) >= 11 is 0. The molecule has 0 rings (SSSR count). The smallest absolute Gasteiger partial charge is 0.0601 e. The molecule has 0 fully saturated rings. The van der Waals surface area contributed by atoms with Crippen molar-refractivity contribution in [2.45, 2.75) is 59.5 Å². The molecule has 2 nitrogen and oxygen atoms in total. The van der Waals surface area contributed by atoms with Crippen LogP contribution in [0.4, 0.5) is 0 Å². The fourth-order valence-corrected chi connectivity index (χ4v) is 1.96. The number of terminal acetylenes is 1. The number of nitrogens with zero attached hydrogens (tertiary/aromatic N) is 1. The Morgan fingerprint density at radius 1 is 1.29 bits per heavy atom. The lowest BCUT2D eigenvalue weighted by atomic mass is 10.00. The maximum absolute atomic E-state index is 5.47. The van der Waals surface area contributed by atoms with Gasteiger partial charge in [-0.1, -0.05) is 26.7 Å². The Morgan fingerprint density at radius 2 is 1.88 bits per heavy atom. The van der Waals surface area contributed by atoms with Gasteiger partial charge in [-0.3, -0.25) is 4.90 Å². The summed E-state index contributed by atoms with van der Waals surface area (Å²) in [6.45, 7) is 16.2. The maximum Gasteiger partial charge on any atom is 0.0601 e. The average Bonchev–Trinajstić information content (AvgIpc) is 2.16. The van der Waals surface area contributed by atoms with E-state index >= 15 is 0 Å². The van der Waals surface area contributed by atoms with Crippen LogP contribution in [-0.4, -0.2) is 36.1 Å². The molecule has 0 aliphatic rings. The highest BCUT2D eigenvalue weighted by Crippen LogP contribution is 2.12. The van der Waals surface area contributed by atoms with E-state index in [1.807, 2.05) is 0 Å². The zero-order chi connectivity index (χ0) is 13.5. The third kappa shape index (κ3) is 7.41. The monoisotopic (exact) mass is 238 g/mol. The van der Waals surface area contributed by atoms with Crippen LogP contribution < -0.4 is 5.32 Å². The van der Waals surface area contributed by atoms with E-state index in [9.17, 15) is 0 Å². The fourth-order valence-electron chi connectivity index (χ4n) is 1.96. The number of rotatable bonds is 7. The molecule has 0 aromatic heterocycles. The molecule has 1 N–H and O–H groups in total. The largest absolute Gasteiger partial charge is 0.311 e. The summed E-state index contributed by atoms with van der Waals surface area (Å²) in [4.78, 5) is 2.42. The van der Waals surface area contributed by atoms with Gasteiger partial charge in [0.15, 0.2) is 0 Å². The van der Waals surface area contributed by atoms with E-state index in [0.29, 0.717) is 12.0 Å². The molecule has 0 aliphatic carbocycles. The van der Waals surface area contributed by atoms with Gasteiger partial charge in [0, 0.05) is 18.1 Å². The highest BCUT2D eigenvalue weighted by Gasteiger charge is 2.22. The molecule has 0 aliphatic heterocycles. The molecule has 0 saturated carbocycles. The van der Waals surface area contributed by atoms with Gasteiger partial charge in [-0.25, -0.2) is 0 Å². The minimum Gasteiger partial charge on any atom is -0.311 e. The topological polar surface area (TPSA) is 15.3 Å². The first kappa shape index (κ1) is 16.5. The summed E-state index contributed by atoms with van der Waals surface area (Å²) in [6, 6.07) is 0.519. The van der Waals surface area contributed by atoms with Crippen LogP contribution in [-0.2, 0) is 0 Å². The molecule has 0 amide bonds. The first-order chi connectivity index (χ1) is 7.81. The molecule has 0 spiro atoms. The lowest BCUT2D eigenvalue weighted by Crippen LogP contribution is -2.50. The van der Waals surface area contributed by atoms with E-state index in [0.717, 1.165) is 26.1 Å². The van der Waals surface area contributed by atoms with E-state index in [1.54, 1.807) is 0 Å². The van der Waals surface area contributed by atoms with Gasteiger partial charge < -0.3 is 5.32 Å². The van der Waals surface area contributed by atoms with Gasteiger partial charge in [-0.15, -0.1) is 6.42 Å². The summed E-state index contributed by atoms with van der Waals surface area (Å²) in [7, 11) is 0. The van der Waals surface area contributed by atoms with Gasteiger partial charge >= 0.3 is 0 Å². The number of nitrogens with one attached hydrogen (secondary N) is 1. The predicted octanol–water partition coefficient (Wildman–Crippen LogP) is 2.74. The van der Waals surface area contributed by atoms with Crippen molar-refractivity contribution in [1.82, 2.24) is 10.2 Å². The molecule has 0 heterocycles. The van der Waals surface area contributed by atoms with Gasteiger partial charge in [0.05, 0.1) is 6.54 Å². The molecule has 0 bridgehead atoms. The van der Waals surface area contributed by atoms with E-state index < -0.39 is 0 Å². The molecule has 100 valence electrons. The predicted molar refractivity (Wildman–Crippen MR) is 77.1 cm³/mol. The lowest BCUT2D eigenvalue weighted by Gasteiger charge is -2.35. The minimum atomic E-state index is 0.168. The van der Waals surface area contributed by atoms with Crippen LogP contribution in [0.2, 0.25) is 0 Å². The number of hydrogen-bond donors (Lipinski definition) is 1. The summed E-state index contributed by atoms with van der Waals surface area (Å²) in [5, 5.41) is 3.59. The highest BCUT2D eigenvalue weighted by atomic mass is 15.2. The average molecular weight is 238 g/mol. The van der Waals surface area contributed by atoms with Crippen molar-refractivity contribution in [3.05, 3.63) is 0 Å². The Labute approximate surface area is 108 Å². The summed E-state index contributed by atoms with van der Waals surface area (Å²) in [5.74, 6) is 3.40. The zero-order valence-corrected chi connectivity index (χ0v) is 12.5. The SMILES string of the molecule is C#CCN(CCC)C(CNC(C)(C)C)C(C)C. The third-order valence-electron chi connectivity index (χ3n) is 2.89. The van der Waals surface area contributed by atoms with Crippen LogP contribution in [0, 0.1) is 18.3 Å². The van der Waals surface area contributed by atoms with Crippen molar-refractivity contribution in [1.29, 1.82) is 0 Å². The Morgan fingerprint density at radius 3 is 2.24 bits per heavy atom. The van der Waals surface area contributed by atoms with E-state index in [2.05, 4.69) is 57.7 Å². The molecule has 2 heteroatoms. The summed E-state index contributed by atoms with van der Waals surface area (Å²) in [6.07, 6.45) is 6.62. The Balaban J connectivity index is 4.52. The molecule has 0 radical (unpaired) electrons. The van der Waals surface area contributed by atoms with E-state index in [-0.39, 0.29) is 5.54 Å². The summed E-state index contributed by atoms with van der Waals surface area (Å²) < 4.78 is 0. The zero-order valence-electron chi connectivity index (χ0n) is 12.5. The van der Waals surface area contributed by atoms with Gasteiger partial charge in [-0.05, 0) is 39.7 Å². The molecule has 0 aromatic rings. The van der Waals surface area contributed by atoms with Gasteiger partial charge in [0.25, 0.3) is 0 Å². The van der Waals surface area contributed by atoms with Crippen molar-refractivity contribution in [3.63, 3.8) is 0 Å². The van der Waals surface area contributed by atoms with Gasteiger partial charge in [0.1, 0.15) is 0 Å². The lowest BCUT2D eigenvalue weighted by molar-refractivity contribution is 0.161. The van der Waals surface area contributed by atoms with E-state index in [1.165, 1.54) is 0 Å². The van der Waals surface area contributed by atoms with Crippen molar-refractivity contribution < 1.29 is 0 Å². The molecule has 0 saturated heterocycles. The van der Waals surface area contributed by atoms with Crippen LogP contribution in [0.5, 0.6) is 0 Å². The van der Waals surface area contributed by atoms with Crippen molar-refractivity contribution >= 4 is 0 Å². The van der Waals surface area contributed by atoms with Crippen molar-refractivity contribution in [3.8, 4) is 12.3 Å². The molecule has 0 aromatic carbocycles. The number of hydrogen-bond acceptors (Lipinski definition) is 2. The molecule has 17 heavy (non-hydrogen) atoms. The van der Waals surface area contributed by atoms with E-state index in [4.69, 9.17) is 6.42 Å². The second-order valence-electron chi connectivity index (χ2n) is 6.12. The Hall–Kier alpha value is -0.520. The van der Waals surface area contributed by atoms with Crippen LogP contribution in [0.1, 0.15) is 48.0 Å². The Bertz CT molecular complexity index is 232. The van der Waals surface area contributed by atoms with Crippen LogP contribution in [0.3, 0.4) is 0 Å². The minimum absolute atomic E-state index is 0.168. The Kier molecular flexibility index (Phi) is 7.50. The van der Waals surface area contributed by atoms with Crippen LogP contribution in [0.25, 0.3) is 0 Å². The van der Waals surface area contributed by atoms with Crippen molar-refractivity contribution in [2.75, 3.05) is 19.6 Å². The quantitative estimate of drug-likeness (QED) is 0.686. The first-order valence-corrected chi connectivity index (χ1v) is 6.74. The molecular weight excluding hydrogens is 208 g/mol. The molecule has 1 unspecified atom stereocenters. The highest BCUT2D eigenvalue weighted by molar-refractivity contribution is 4.92. The first-order valence-electron chi connectivity index (χ1n) is 6.74. The second-order valence-corrected chi connectivity index (χ2v) is 6.12. The van der Waals surface area contributed by atoms with Crippen LogP contribution >= 0.6 is 0 Å². The van der Waals surface area contributed by atoms with Crippen molar-refractivity contribution in [2.24, 2.45) is 5.92 Å². The maximum atomic E-state index is 5.47. The van der Waals surface area contributed by atoms with Gasteiger partial charge in [0.2, 0.25) is 0 Å². The molecule has 1 atom stereocenters. The van der Waals surface area contributed by atoms with Crippen LogP contribution in [0.15, 0.2) is 0 Å². The summed E-state index contributed by atoms with van der Waals surface area (Å²) in [5.41, 5.74) is 0.168. The second kappa shape index (κ2) is 7.74. The third-order valence-corrected chi connectivity index (χ3v) is 2.89. The van der Waals surface area contributed by atoms with Gasteiger partial charge in [-0.2, -0.15) is 0 Å². The molecular formula is C15H30N2.